The van der Waals surface area contributed by atoms with Crippen LogP contribution in [0.1, 0.15) is 39.0 Å². The standard InChI is InChI=1S/C15H22ClNO/c1-2-11-17-14-5-3-4-6-15(14)18-13-9-7-12(16)8-10-13/h7-10,14-15,17H,2-6,11H2,1H3. The van der Waals surface area contributed by atoms with E-state index in [0.29, 0.717) is 12.1 Å². The molecule has 0 saturated heterocycles. The van der Waals surface area contributed by atoms with Gasteiger partial charge in [0.05, 0.1) is 0 Å². The Bertz CT molecular complexity index is 352. The molecule has 0 aromatic heterocycles. The van der Waals surface area contributed by atoms with E-state index in [9.17, 15) is 0 Å². The van der Waals surface area contributed by atoms with Gasteiger partial charge >= 0.3 is 0 Å². The average Bonchev–Trinajstić information content (AvgIpc) is 2.40. The van der Waals surface area contributed by atoms with E-state index in [-0.39, 0.29) is 0 Å². The third-order valence-corrected chi connectivity index (χ3v) is 3.71. The number of hydrogen-bond donors (Lipinski definition) is 1. The first-order valence-electron chi connectivity index (χ1n) is 6.95. The molecule has 1 aromatic carbocycles. The lowest BCUT2D eigenvalue weighted by molar-refractivity contribution is 0.114. The summed E-state index contributed by atoms with van der Waals surface area (Å²) in [4.78, 5) is 0. The lowest BCUT2D eigenvalue weighted by Gasteiger charge is -2.32. The van der Waals surface area contributed by atoms with Crippen molar-refractivity contribution in [2.75, 3.05) is 6.54 Å². The molecule has 1 N–H and O–H groups in total. The van der Waals surface area contributed by atoms with E-state index in [1.165, 1.54) is 25.7 Å². The topological polar surface area (TPSA) is 21.3 Å². The largest absolute Gasteiger partial charge is 0.489 e. The molecule has 0 aliphatic heterocycles. The van der Waals surface area contributed by atoms with Gasteiger partial charge in [-0.2, -0.15) is 0 Å². The summed E-state index contributed by atoms with van der Waals surface area (Å²) in [5.74, 6) is 0.926. The Morgan fingerprint density at radius 2 is 1.94 bits per heavy atom. The summed E-state index contributed by atoms with van der Waals surface area (Å²) >= 11 is 5.88. The Balaban J connectivity index is 1.94. The molecule has 2 nitrogen and oxygen atoms in total. The van der Waals surface area contributed by atoms with Crippen LogP contribution in [0.15, 0.2) is 24.3 Å². The van der Waals surface area contributed by atoms with E-state index in [0.717, 1.165) is 23.7 Å². The second-order valence-electron chi connectivity index (χ2n) is 4.96. The molecule has 1 fully saturated rings. The van der Waals surface area contributed by atoms with Crippen molar-refractivity contribution in [3.8, 4) is 5.75 Å². The van der Waals surface area contributed by atoms with E-state index >= 15 is 0 Å². The van der Waals surface area contributed by atoms with E-state index in [4.69, 9.17) is 16.3 Å². The van der Waals surface area contributed by atoms with Gasteiger partial charge in [0.2, 0.25) is 0 Å². The van der Waals surface area contributed by atoms with Crippen molar-refractivity contribution in [3.05, 3.63) is 29.3 Å². The highest BCUT2D eigenvalue weighted by atomic mass is 35.5. The highest BCUT2D eigenvalue weighted by molar-refractivity contribution is 6.30. The summed E-state index contributed by atoms with van der Waals surface area (Å²) < 4.78 is 6.10. The maximum Gasteiger partial charge on any atom is 0.119 e. The second kappa shape index (κ2) is 7.01. The third-order valence-electron chi connectivity index (χ3n) is 3.46. The number of benzene rings is 1. The number of rotatable bonds is 5. The number of ether oxygens (including phenoxy) is 1. The first-order valence-corrected chi connectivity index (χ1v) is 7.33. The van der Waals surface area contributed by atoms with Gasteiger partial charge < -0.3 is 10.1 Å². The molecule has 2 unspecified atom stereocenters. The van der Waals surface area contributed by atoms with Gasteiger partial charge in [-0.3, -0.25) is 0 Å². The van der Waals surface area contributed by atoms with Gasteiger partial charge in [0.1, 0.15) is 11.9 Å². The maximum absolute atomic E-state index is 6.10. The minimum absolute atomic E-state index is 0.298. The lowest BCUT2D eigenvalue weighted by atomic mass is 9.92. The summed E-state index contributed by atoms with van der Waals surface area (Å²) in [5, 5.41) is 4.36. The monoisotopic (exact) mass is 267 g/mol. The highest BCUT2D eigenvalue weighted by Crippen LogP contribution is 2.25. The molecule has 1 aliphatic carbocycles. The van der Waals surface area contributed by atoms with Gasteiger partial charge in [0.15, 0.2) is 0 Å². The zero-order valence-corrected chi connectivity index (χ0v) is 11.7. The summed E-state index contributed by atoms with van der Waals surface area (Å²) in [5.41, 5.74) is 0. The molecule has 1 saturated carbocycles. The quantitative estimate of drug-likeness (QED) is 0.870. The molecule has 0 amide bonds. The SMILES string of the molecule is CCCNC1CCCCC1Oc1ccc(Cl)cc1. The molecule has 0 bridgehead atoms. The van der Waals surface area contributed by atoms with Crippen molar-refractivity contribution in [2.24, 2.45) is 0 Å². The Kier molecular flexibility index (Phi) is 5.33. The van der Waals surface area contributed by atoms with Crippen LogP contribution in [0.25, 0.3) is 0 Å². The fraction of sp³-hybridized carbons (Fsp3) is 0.600. The van der Waals surface area contributed by atoms with Gasteiger partial charge in [-0.1, -0.05) is 24.9 Å². The predicted octanol–water partition coefficient (Wildman–Crippen LogP) is 4.03. The van der Waals surface area contributed by atoms with Crippen molar-refractivity contribution in [1.29, 1.82) is 0 Å². The number of hydrogen-bond acceptors (Lipinski definition) is 2. The van der Waals surface area contributed by atoms with E-state index in [1.54, 1.807) is 0 Å². The van der Waals surface area contributed by atoms with Crippen molar-refractivity contribution in [2.45, 2.75) is 51.2 Å². The van der Waals surface area contributed by atoms with Crippen LogP contribution in [-0.4, -0.2) is 18.7 Å². The van der Waals surface area contributed by atoms with Crippen LogP contribution in [0.4, 0.5) is 0 Å². The first kappa shape index (κ1) is 13.7. The fourth-order valence-corrected chi connectivity index (χ4v) is 2.62. The molecule has 0 radical (unpaired) electrons. The highest BCUT2D eigenvalue weighted by Gasteiger charge is 2.25. The molecule has 2 rings (SSSR count). The van der Waals surface area contributed by atoms with Crippen LogP contribution in [0.3, 0.4) is 0 Å². The first-order chi connectivity index (χ1) is 8.79. The Morgan fingerprint density at radius 1 is 1.22 bits per heavy atom. The van der Waals surface area contributed by atoms with Crippen LogP contribution >= 0.6 is 11.6 Å². The molecule has 1 aromatic rings. The normalized spacial score (nSPS) is 23.9. The third kappa shape index (κ3) is 3.89. The zero-order valence-electron chi connectivity index (χ0n) is 11.0. The zero-order chi connectivity index (χ0) is 12.8. The molecule has 18 heavy (non-hydrogen) atoms. The molecular formula is C15H22ClNO. The minimum atomic E-state index is 0.298. The van der Waals surface area contributed by atoms with Crippen molar-refractivity contribution >= 4 is 11.6 Å². The molecule has 1 aliphatic rings. The summed E-state index contributed by atoms with van der Waals surface area (Å²) in [6.07, 6.45) is 6.41. The van der Waals surface area contributed by atoms with Crippen LogP contribution in [0.2, 0.25) is 5.02 Å². The van der Waals surface area contributed by atoms with Crippen molar-refractivity contribution in [3.63, 3.8) is 0 Å². The second-order valence-corrected chi connectivity index (χ2v) is 5.39. The summed E-state index contributed by atoms with van der Waals surface area (Å²) in [7, 11) is 0. The summed E-state index contributed by atoms with van der Waals surface area (Å²) in [6, 6.07) is 8.17. The fourth-order valence-electron chi connectivity index (χ4n) is 2.49. The van der Waals surface area contributed by atoms with Gasteiger partial charge in [0, 0.05) is 11.1 Å². The molecule has 0 spiro atoms. The van der Waals surface area contributed by atoms with E-state index in [2.05, 4.69) is 12.2 Å². The Morgan fingerprint density at radius 3 is 2.67 bits per heavy atom. The smallest absolute Gasteiger partial charge is 0.119 e. The summed E-state index contributed by atoms with van der Waals surface area (Å²) in [6.45, 7) is 3.27. The van der Waals surface area contributed by atoms with Crippen LogP contribution in [0, 0.1) is 0 Å². The van der Waals surface area contributed by atoms with Crippen molar-refractivity contribution in [1.82, 2.24) is 5.32 Å². The van der Waals surface area contributed by atoms with Crippen LogP contribution in [-0.2, 0) is 0 Å². The van der Waals surface area contributed by atoms with Gasteiger partial charge in [-0.05, 0) is 56.5 Å². The van der Waals surface area contributed by atoms with Gasteiger partial charge in [0.25, 0.3) is 0 Å². The molecule has 2 atom stereocenters. The lowest BCUT2D eigenvalue weighted by Crippen LogP contribution is -2.45. The average molecular weight is 268 g/mol. The van der Waals surface area contributed by atoms with Gasteiger partial charge in [-0.25, -0.2) is 0 Å². The molecule has 100 valence electrons. The Hall–Kier alpha value is -0.730. The van der Waals surface area contributed by atoms with Gasteiger partial charge in [-0.15, -0.1) is 0 Å². The minimum Gasteiger partial charge on any atom is -0.489 e. The van der Waals surface area contributed by atoms with E-state index < -0.39 is 0 Å². The van der Waals surface area contributed by atoms with E-state index in [1.807, 2.05) is 24.3 Å². The van der Waals surface area contributed by atoms with Crippen LogP contribution in [0.5, 0.6) is 5.75 Å². The number of nitrogens with one attached hydrogen (secondary N) is 1. The van der Waals surface area contributed by atoms with Crippen molar-refractivity contribution < 1.29 is 4.74 Å². The molecule has 3 heteroatoms. The Labute approximate surface area is 115 Å². The maximum atomic E-state index is 6.10. The van der Waals surface area contributed by atoms with Crippen LogP contribution < -0.4 is 10.1 Å². The molecular weight excluding hydrogens is 246 g/mol. The number of halogens is 1. The molecule has 0 heterocycles. The predicted molar refractivity (Wildman–Crippen MR) is 76.4 cm³/mol.